The standard InChI is InChI=1S/C13H17ClO4Si/c1-19(2,3)18-13(16)11-7-5-4-6-10(11)12(15)17-9-8-14/h4-7H,8-9H2,1-3H3. The summed E-state index contributed by atoms with van der Waals surface area (Å²) < 4.78 is 10.3. The van der Waals surface area contributed by atoms with Crippen LogP contribution in [0.15, 0.2) is 24.3 Å². The molecule has 0 amide bonds. The van der Waals surface area contributed by atoms with E-state index in [1.54, 1.807) is 18.2 Å². The van der Waals surface area contributed by atoms with Gasteiger partial charge in [-0.2, -0.15) is 0 Å². The average molecular weight is 301 g/mol. The van der Waals surface area contributed by atoms with Crippen molar-refractivity contribution in [2.75, 3.05) is 12.5 Å². The van der Waals surface area contributed by atoms with Gasteiger partial charge in [0.2, 0.25) is 8.32 Å². The lowest BCUT2D eigenvalue weighted by atomic mass is 10.1. The third-order valence-corrected chi connectivity index (χ3v) is 3.03. The van der Waals surface area contributed by atoms with Crippen LogP contribution in [0.5, 0.6) is 0 Å². The van der Waals surface area contributed by atoms with E-state index in [-0.39, 0.29) is 23.6 Å². The topological polar surface area (TPSA) is 52.6 Å². The molecule has 0 atom stereocenters. The molecule has 1 aromatic carbocycles. The van der Waals surface area contributed by atoms with Crippen molar-refractivity contribution in [2.45, 2.75) is 19.6 Å². The Morgan fingerprint density at radius 1 is 1.11 bits per heavy atom. The molecule has 6 heteroatoms. The SMILES string of the molecule is C[Si](C)(C)OC(=O)c1ccccc1C(=O)OCCCl. The van der Waals surface area contributed by atoms with Gasteiger partial charge in [-0.15, -0.1) is 11.6 Å². The van der Waals surface area contributed by atoms with Gasteiger partial charge in [-0.25, -0.2) is 9.59 Å². The van der Waals surface area contributed by atoms with Gasteiger partial charge in [0.15, 0.2) is 0 Å². The van der Waals surface area contributed by atoms with Gasteiger partial charge in [-0.1, -0.05) is 12.1 Å². The van der Waals surface area contributed by atoms with E-state index in [4.69, 9.17) is 20.8 Å². The molecular weight excluding hydrogens is 284 g/mol. The van der Waals surface area contributed by atoms with E-state index < -0.39 is 20.3 Å². The van der Waals surface area contributed by atoms with Crippen LogP contribution in [0.2, 0.25) is 19.6 Å². The molecule has 4 nitrogen and oxygen atoms in total. The zero-order valence-corrected chi connectivity index (χ0v) is 13.0. The lowest BCUT2D eigenvalue weighted by Crippen LogP contribution is -2.30. The van der Waals surface area contributed by atoms with Gasteiger partial charge in [0.05, 0.1) is 17.0 Å². The predicted octanol–water partition coefficient (Wildman–Crippen LogP) is 3.07. The maximum atomic E-state index is 12.0. The Bertz CT molecular complexity index is 468. The van der Waals surface area contributed by atoms with Gasteiger partial charge in [0.1, 0.15) is 6.61 Å². The summed E-state index contributed by atoms with van der Waals surface area (Å²) in [4.78, 5) is 23.9. The monoisotopic (exact) mass is 300 g/mol. The number of rotatable bonds is 5. The number of ether oxygens (including phenoxy) is 1. The summed E-state index contributed by atoms with van der Waals surface area (Å²) in [6.45, 7) is 5.82. The Hall–Kier alpha value is -1.33. The van der Waals surface area contributed by atoms with Crippen molar-refractivity contribution in [3.63, 3.8) is 0 Å². The fourth-order valence-electron chi connectivity index (χ4n) is 1.38. The number of carbonyl (C=O) groups is 2. The molecule has 0 aliphatic heterocycles. The van der Waals surface area contributed by atoms with Crippen LogP contribution in [0, 0.1) is 0 Å². The first-order valence-corrected chi connectivity index (χ1v) is 9.85. The quantitative estimate of drug-likeness (QED) is 0.476. The largest absolute Gasteiger partial charge is 0.516 e. The van der Waals surface area contributed by atoms with Crippen molar-refractivity contribution < 1.29 is 18.8 Å². The molecule has 0 spiro atoms. The van der Waals surface area contributed by atoms with Crippen LogP contribution in [0.1, 0.15) is 20.7 Å². The van der Waals surface area contributed by atoms with Crippen LogP contribution < -0.4 is 0 Å². The highest BCUT2D eigenvalue weighted by Gasteiger charge is 2.24. The number of alkyl halides is 1. The first-order valence-electron chi connectivity index (χ1n) is 5.90. The van der Waals surface area contributed by atoms with Gasteiger partial charge in [0.25, 0.3) is 0 Å². The number of esters is 1. The molecule has 0 radical (unpaired) electrons. The third kappa shape index (κ3) is 5.04. The molecule has 0 aliphatic rings. The summed E-state index contributed by atoms with van der Waals surface area (Å²) in [7, 11) is -2.01. The van der Waals surface area contributed by atoms with Crippen LogP contribution in [-0.2, 0) is 9.16 Å². The lowest BCUT2D eigenvalue weighted by Gasteiger charge is -2.18. The minimum absolute atomic E-state index is 0.109. The van der Waals surface area contributed by atoms with Crippen molar-refractivity contribution in [3.8, 4) is 0 Å². The molecule has 19 heavy (non-hydrogen) atoms. The molecule has 0 saturated carbocycles. The first-order chi connectivity index (χ1) is 8.85. The third-order valence-electron chi connectivity index (χ3n) is 2.08. The van der Waals surface area contributed by atoms with Gasteiger partial charge in [-0.3, -0.25) is 0 Å². The van der Waals surface area contributed by atoms with Crippen LogP contribution in [0.4, 0.5) is 0 Å². The van der Waals surface area contributed by atoms with E-state index in [0.29, 0.717) is 0 Å². The lowest BCUT2D eigenvalue weighted by molar-refractivity contribution is 0.0519. The Labute approximate surface area is 118 Å². The molecule has 0 saturated heterocycles. The molecule has 0 N–H and O–H groups in total. The summed E-state index contributed by atoms with van der Waals surface area (Å²) in [5, 5.41) is 0. The van der Waals surface area contributed by atoms with Crippen molar-refractivity contribution in [1.82, 2.24) is 0 Å². The normalized spacial score (nSPS) is 10.9. The molecular formula is C13H17ClO4Si. The summed E-state index contributed by atoms with van der Waals surface area (Å²) in [5.41, 5.74) is 0.431. The molecule has 1 aromatic rings. The molecule has 1 rings (SSSR count). The molecule has 0 unspecified atom stereocenters. The Morgan fingerprint density at radius 2 is 1.63 bits per heavy atom. The summed E-state index contributed by atoms with van der Waals surface area (Å²) in [5.74, 6) is -0.839. The van der Waals surface area contributed by atoms with Crippen molar-refractivity contribution >= 4 is 31.9 Å². The molecule has 0 fully saturated rings. The highest BCUT2D eigenvalue weighted by molar-refractivity contribution is 6.71. The predicted molar refractivity (Wildman–Crippen MR) is 76.2 cm³/mol. The average Bonchev–Trinajstić information content (AvgIpc) is 2.34. The van der Waals surface area contributed by atoms with E-state index in [0.717, 1.165) is 0 Å². The van der Waals surface area contributed by atoms with Crippen LogP contribution in [-0.4, -0.2) is 32.7 Å². The zero-order valence-electron chi connectivity index (χ0n) is 11.2. The second-order valence-corrected chi connectivity index (χ2v) is 9.68. The van der Waals surface area contributed by atoms with Crippen LogP contribution >= 0.6 is 11.6 Å². The van der Waals surface area contributed by atoms with Gasteiger partial charge < -0.3 is 9.16 Å². The van der Waals surface area contributed by atoms with Crippen LogP contribution in [0.25, 0.3) is 0 Å². The smallest absolute Gasteiger partial charge is 0.339 e. The van der Waals surface area contributed by atoms with Gasteiger partial charge in [-0.05, 0) is 31.8 Å². The number of halogens is 1. The molecule has 0 bridgehead atoms. The Balaban J connectivity index is 2.95. The van der Waals surface area contributed by atoms with E-state index in [1.807, 2.05) is 19.6 Å². The second kappa shape index (κ2) is 6.72. The van der Waals surface area contributed by atoms with E-state index >= 15 is 0 Å². The number of benzene rings is 1. The molecule has 0 aromatic heterocycles. The van der Waals surface area contributed by atoms with E-state index in [1.165, 1.54) is 6.07 Å². The Morgan fingerprint density at radius 3 is 2.11 bits per heavy atom. The summed E-state index contributed by atoms with van der Waals surface area (Å²) in [6.07, 6.45) is 0. The zero-order chi connectivity index (χ0) is 14.5. The van der Waals surface area contributed by atoms with Crippen molar-refractivity contribution in [1.29, 1.82) is 0 Å². The number of carbonyl (C=O) groups excluding carboxylic acids is 2. The summed E-state index contributed by atoms with van der Waals surface area (Å²) in [6, 6.07) is 6.44. The minimum Gasteiger partial charge on any atom is -0.516 e. The molecule has 104 valence electrons. The summed E-state index contributed by atoms with van der Waals surface area (Å²) >= 11 is 5.46. The number of hydrogen-bond acceptors (Lipinski definition) is 4. The first kappa shape index (κ1) is 15.7. The number of hydrogen-bond donors (Lipinski definition) is 0. The van der Waals surface area contributed by atoms with E-state index in [2.05, 4.69) is 0 Å². The maximum Gasteiger partial charge on any atom is 0.339 e. The maximum absolute atomic E-state index is 12.0. The van der Waals surface area contributed by atoms with Crippen molar-refractivity contribution in [3.05, 3.63) is 35.4 Å². The molecule has 0 heterocycles. The Kier molecular flexibility index (Phi) is 5.56. The minimum atomic E-state index is -2.01. The van der Waals surface area contributed by atoms with E-state index in [9.17, 15) is 9.59 Å². The fourth-order valence-corrected chi connectivity index (χ4v) is 2.12. The highest BCUT2D eigenvalue weighted by Crippen LogP contribution is 2.15. The van der Waals surface area contributed by atoms with Crippen molar-refractivity contribution in [2.24, 2.45) is 0 Å². The fraction of sp³-hybridized carbons (Fsp3) is 0.385. The van der Waals surface area contributed by atoms with Crippen LogP contribution in [0.3, 0.4) is 0 Å². The van der Waals surface area contributed by atoms with Gasteiger partial charge in [0, 0.05) is 0 Å². The van der Waals surface area contributed by atoms with Gasteiger partial charge >= 0.3 is 11.9 Å². The molecule has 0 aliphatic carbocycles. The highest BCUT2D eigenvalue weighted by atomic mass is 35.5. The second-order valence-electron chi connectivity index (χ2n) is 4.87.